The Morgan fingerprint density at radius 2 is 1.90 bits per heavy atom. The van der Waals surface area contributed by atoms with Gasteiger partial charge in [0.15, 0.2) is 0 Å². The van der Waals surface area contributed by atoms with Crippen LogP contribution in [-0.4, -0.2) is 15.9 Å². The van der Waals surface area contributed by atoms with Gasteiger partial charge in [-0.25, -0.2) is 14.9 Å². The molecule has 0 N–H and O–H groups in total. The third-order valence-corrected chi connectivity index (χ3v) is 3.39. The molecule has 4 nitrogen and oxygen atoms in total. The Morgan fingerprint density at radius 1 is 1.20 bits per heavy atom. The summed E-state index contributed by atoms with van der Waals surface area (Å²) in [4.78, 5) is 22.6. The number of benzene rings is 1. The predicted octanol–water partition coefficient (Wildman–Crippen LogP) is 3.35. The van der Waals surface area contributed by atoms with Gasteiger partial charge in [-0.1, -0.05) is 18.2 Å². The summed E-state index contributed by atoms with van der Waals surface area (Å²) in [5, 5.41) is 0. The summed E-state index contributed by atoms with van der Waals surface area (Å²) in [6.07, 6.45) is 2.36. The molecule has 0 aliphatic heterocycles. The Bertz CT molecular complexity index is 635. The second kappa shape index (κ2) is 5.04. The van der Waals surface area contributed by atoms with E-state index in [-0.39, 0.29) is 5.91 Å². The van der Waals surface area contributed by atoms with Crippen molar-refractivity contribution in [3.8, 4) is 0 Å². The molecule has 0 spiro atoms. The van der Waals surface area contributed by atoms with Crippen molar-refractivity contribution in [2.24, 2.45) is 0 Å². The van der Waals surface area contributed by atoms with Crippen LogP contribution in [-0.2, 0) is 4.79 Å². The zero-order chi connectivity index (χ0) is 14.1. The minimum absolute atomic E-state index is 0.0800. The van der Waals surface area contributed by atoms with Gasteiger partial charge < -0.3 is 0 Å². The molecular formula is C16H17N3O. The van der Waals surface area contributed by atoms with Gasteiger partial charge >= 0.3 is 0 Å². The van der Waals surface area contributed by atoms with Crippen molar-refractivity contribution >= 4 is 17.5 Å². The fraction of sp³-hybridized carbons (Fsp3) is 0.312. The van der Waals surface area contributed by atoms with Gasteiger partial charge in [0.05, 0.1) is 5.69 Å². The number of anilines is 2. The molecule has 0 bridgehead atoms. The highest BCUT2D eigenvalue weighted by Crippen LogP contribution is 2.39. The van der Waals surface area contributed by atoms with E-state index < -0.39 is 0 Å². The van der Waals surface area contributed by atoms with Crippen LogP contribution in [0.2, 0.25) is 0 Å². The van der Waals surface area contributed by atoms with Crippen molar-refractivity contribution in [1.82, 2.24) is 9.97 Å². The van der Waals surface area contributed by atoms with Gasteiger partial charge in [0.2, 0.25) is 11.9 Å². The molecule has 1 heterocycles. The van der Waals surface area contributed by atoms with Crippen LogP contribution in [0.15, 0.2) is 36.4 Å². The number of hydrogen-bond donors (Lipinski definition) is 0. The number of carbonyl (C=O) groups excluding carboxylic acids is 1. The second-order valence-electron chi connectivity index (χ2n) is 5.20. The van der Waals surface area contributed by atoms with E-state index in [0.29, 0.717) is 11.9 Å². The molecule has 3 rings (SSSR count). The van der Waals surface area contributed by atoms with Gasteiger partial charge in [0.1, 0.15) is 0 Å². The first kappa shape index (κ1) is 12.8. The van der Waals surface area contributed by atoms with Crippen LogP contribution in [0.4, 0.5) is 11.6 Å². The molecule has 0 radical (unpaired) electrons. The van der Waals surface area contributed by atoms with Crippen LogP contribution < -0.4 is 4.90 Å². The lowest BCUT2D eigenvalue weighted by Crippen LogP contribution is -2.25. The van der Waals surface area contributed by atoms with E-state index in [1.165, 1.54) is 19.8 Å². The Labute approximate surface area is 118 Å². The molecule has 1 amide bonds. The molecule has 1 saturated carbocycles. The number of aromatic nitrogens is 2. The Hall–Kier alpha value is -2.23. The third-order valence-electron chi connectivity index (χ3n) is 3.39. The number of nitrogens with zero attached hydrogens (tertiary/aromatic N) is 3. The van der Waals surface area contributed by atoms with Crippen molar-refractivity contribution in [3.05, 3.63) is 47.8 Å². The van der Waals surface area contributed by atoms with Crippen LogP contribution in [0, 0.1) is 6.92 Å². The maximum Gasteiger partial charge on any atom is 0.237 e. The average molecular weight is 267 g/mol. The monoisotopic (exact) mass is 267 g/mol. The van der Waals surface area contributed by atoms with Crippen LogP contribution >= 0.6 is 0 Å². The smallest absolute Gasteiger partial charge is 0.237 e. The van der Waals surface area contributed by atoms with Crippen LogP contribution in [0.3, 0.4) is 0 Å². The molecule has 102 valence electrons. The topological polar surface area (TPSA) is 46.1 Å². The molecule has 1 aliphatic rings. The number of rotatable bonds is 3. The van der Waals surface area contributed by atoms with Crippen molar-refractivity contribution in [2.75, 3.05) is 4.90 Å². The highest BCUT2D eigenvalue weighted by Gasteiger charge is 2.27. The Kier molecular flexibility index (Phi) is 3.22. The van der Waals surface area contributed by atoms with Crippen molar-refractivity contribution in [3.63, 3.8) is 0 Å². The quantitative estimate of drug-likeness (QED) is 0.856. The fourth-order valence-corrected chi connectivity index (χ4v) is 2.28. The lowest BCUT2D eigenvalue weighted by atomic mass is 10.2. The molecule has 2 aromatic rings. The van der Waals surface area contributed by atoms with E-state index in [9.17, 15) is 4.79 Å². The predicted molar refractivity (Wildman–Crippen MR) is 78.0 cm³/mol. The first-order valence-corrected chi connectivity index (χ1v) is 6.86. The first-order chi connectivity index (χ1) is 9.65. The lowest BCUT2D eigenvalue weighted by Gasteiger charge is -2.20. The zero-order valence-corrected chi connectivity index (χ0v) is 11.7. The van der Waals surface area contributed by atoms with Crippen molar-refractivity contribution in [2.45, 2.75) is 32.6 Å². The number of para-hydroxylation sites is 1. The molecule has 1 aromatic carbocycles. The standard InChI is InChI=1S/C16H17N3O/c1-11-10-15(13-8-9-13)18-16(17-11)19(12(2)20)14-6-4-3-5-7-14/h3-7,10,13H,8-9H2,1-2H3. The van der Waals surface area contributed by atoms with E-state index in [1.54, 1.807) is 4.90 Å². The molecule has 20 heavy (non-hydrogen) atoms. The van der Waals surface area contributed by atoms with E-state index in [2.05, 4.69) is 9.97 Å². The average Bonchev–Trinajstić information content (AvgIpc) is 3.23. The molecule has 1 aromatic heterocycles. The normalized spacial score (nSPS) is 14.1. The van der Waals surface area contributed by atoms with Gasteiger partial charge in [-0.05, 0) is 38.0 Å². The summed E-state index contributed by atoms with van der Waals surface area (Å²) in [6.45, 7) is 3.48. The zero-order valence-electron chi connectivity index (χ0n) is 11.7. The highest BCUT2D eigenvalue weighted by molar-refractivity contribution is 5.97. The van der Waals surface area contributed by atoms with Crippen LogP contribution in [0.1, 0.15) is 37.1 Å². The SMILES string of the molecule is CC(=O)N(c1ccccc1)c1nc(C)cc(C2CC2)n1. The maximum absolute atomic E-state index is 12.0. The summed E-state index contributed by atoms with van der Waals surface area (Å²) < 4.78 is 0. The lowest BCUT2D eigenvalue weighted by molar-refractivity contribution is -0.115. The summed E-state index contributed by atoms with van der Waals surface area (Å²) in [6, 6.07) is 11.5. The van der Waals surface area contributed by atoms with E-state index >= 15 is 0 Å². The number of carbonyl (C=O) groups is 1. The summed E-state index contributed by atoms with van der Waals surface area (Å²) in [7, 11) is 0. The van der Waals surface area contributed by atoms with Gasteiger partial charge in [0, 0.05) is 24.2 Å². The minimum Gasteiger partial charge on any atom is -0.274 e. The second-order valence-corrected chi connectivity index (χ2v) is 5.20. The molecular weight excluding hydrogens is 250 g/mol. The van der Waals surface area contributed by atoms with Gasteiger partial charge in [-0.2, -0.15) is 0 Å². The van der Waals surface area contributed by atoms with Gasteiger partial charge in [-0.3, -0.25) is 4.79 Å². The molecule has 0 unspecified atom stereocenters. The third kappa shape index (κ3) is 2.54. The minimum atomic E-state index is -0.0800. The number of amides is 1. The van der Waals surface area contributed by atoms with Crippen molar-refractivity contribution in [1.29, 1.82) is 0 Å². The summed E-state index contributed by atoms with van der Waals surface area (Å²) in [5.41, 5.74) is 2.75. The number of hydrogen-bond acceptors (Lipinski definition) is 3. The van der Waals surface area contributed by atoms with Crippen LogP contribution in [0.5, 0.6) is 0 Å². The highest BCUT2D eigenvalue weighted by atomic mass is 16.2. The molecule has 0 atom stereocenters. The van der Waals surface area contributed by atoms with Gasteiger partial charge in [0.25, 0.3) is 0 Å². The van der Waals surface area contributed by atoms with Crippen LogP contribution in [0.25, 0.3) is 0 Å². The summed E-state index contributed by atoms with van der Waals surface area (Å²) >= 11 is 0. The van der Waals surface area contributed by atoms with E-state index in [1.807, 2.05) is 43.3 Å². The van der Waals surface area contributed by atoms with E-state index in [0.717, 1.165) is 17.1 Å². The molecule has 0 saturated heterocycles. The summed E-state index contributed by atoms with van der Waals surface area (Å²) in [5.74, 6) is 0.939. The molecule has 4 heteroatoms. The van der Waals surface area contributed by atoms with E-state index in [4.69, 9.17) is 0 Å². The maximum atomic E-state index is 12.0. The Morgan fingerprint density at radius 3 is 2.50 bits per heavy atom. The molecule has 1 fully saturated rings. The Balaban J connectivity index is 2.05. The first-order valence-electron chi connectivity index (χ1n) is 6.86. The largest absolute Gasteiger partial charge is 0.274 e. The molecule has 1 aliphatic carbocycles. The number of aryl methyl sites for hydroxylation is 1. The van der Waals surface area contributed by atoms with Gasteiger partial charge in [-0.15, -0.1) is 0 Å². The van der Waals surface area contributed by atoms with Crippen molar-refractivity contribution < 1.29 is 4.79 Å². The fourth-order valence-electron chi connectivity index (χ4n) is 2.28.